The standard InChI is InChI=1S/C17H27NS/c1-3-15(13-14-7-5-4-6-8-14)18-16-9-11-17(19-2)12-10-16/h4-8,15-18H,3,9-13H2,1-2H3. The fourth-order valence-corrected chi connectivity index (χ4v) is 3.76. The average Bonchev–Trinajstić information content (AvgIpc) is 2.48. The van der Waals surface area contributed by atoms with E-state index >= 15 is 0 Å². The SMILES string of the molecule is CCC(Cc1ccccc1)NC1CCC(SC)CC1. The van der Waals surface area contributed by atoms with Crippen LogP contribution in [0.2, 0.25) is 0 Å². The van der Waals surface area contributed by atoms with Crippen LogP contribution in [0.25, 0.3) is 0 Å². The summed E-state index contributed by atoms with van der Waals surface area (Å²) in [5.41, 5.74) is 1.46. The molecule has 0 aromatic heterocycles. The van der Waals surface area contributed by atoms with E-state index in [4.69, 9.17) is 0 Å². The number of rotatable bonds is 6. The van der Waals surface area contributed by atoms with E-state index in [0.717, 1.165) is 11.3 Å². The molecule has 1 N–H and O–H groups in total. The summed E-state index contributed by atoms with van der Waals surface area (Å²) >= 11 is 2.05. The summed E-state index contributed by atoms with van der Waals surface area (Å²) in [5.74, 6) is 0. The van der Waals surface area contributed by atoms with Gasteiger partial charge in [0.05, 0.1) is 0 Å². The Labute approximate surface area is 122 Å². The van der Waals surface area contributed by atoms with E-state index in [-0.39, 0.29) is 0 Å². The van der Waals surface area contributed by atoms with Crippen molar-refractivity contribution in [2.75, 3.05) is 6.26 Å². The van der Waals surface area contributed by atoms with Gasteiger partial charge in [0.15, 0.2) is 0 Å². The van der Waals surface area contributed by atoms with E-state index in [2.05, 4.69) is 48.8 Å². The topological polar surface area (TPSA) is 12.0 Å². The second-order valence-corrected chi connectivity index (χ2v) is 6.81. The number of nitrogens with one attached hydrogen (secondary N) is 1. The third kappa shape index (κ3) is 4.85. The summed E-state index contributed by atoms with van der Waals surface area (Å²) in [4.78, 5) is 0. The summed E-state index contributed by atoms with van der Waals surface area (Å²) in [7, 11) is 0. The van der Waals surface area contributed by atoms with Crippen LogP contribution in [0.4, 0.5) is 0 Å². The predicted octanol–water partition coefficient (Wildman–Crippen LogP) is 4.27. The van der Waals surface area contributed by atoms with Crippen molar-refractivity contribution in [1.29, 1.82) is 0 Å². The Morgan fingerprint density at radius 1 is 1.16 bits per heavy atom. The van der Waals surface area contributed by atoms with Crippen LogP contribution in [-0.2, 0) is 6.42 Å². The molecular weight excluding hydrogens is 250 g/mol. The quantitative estimate of drug-likeness (QED) is 0.833. The first kappa shape index (κ1) is 14.9. The summed E-state index contributed by atoms with van der Waals surface area (Å²) in [6.07, 6.45) is 10.1. The van der Waals surface area contributed by atoms with Crippen LogP contribution in [0.15, 0.2) is 30.3 Å². The Morgan fingerprint density at radius 3 is 2.42 bits per heavy atom. The molecule has 1 aliphatic rings. The molecule has 0 spiro atoms. The van der Waals surface area contributed by atoms with Crippen molar-refractivity contribution in [3.63, 3.8) is 0 Å². The molecule has 1 saturated carbocycles. The van der Waals surface area contributed by atoms with Gasteiger partial charge in [-0.25, -0.2) is 0 Å². The van der Waals surface area contributed by atoms with Crippen molar-refractivity contribution in [1.82, 2.24) is 5.32 Å². The van der Waals surface area contributed by atoms with Gasteiger partial charge in [0, 0.05) is 17.3 Å². The summed E-state index contributed by atoms with van der Waals surface area (Å²) in [6, 6.07) is 12.3. The van der Waals surface area contributed by atoms with Crippen LogP contribution in [-0.4, -0.2) is 23.6 Å². The molecule has 2 rings (SSSR count). The fourth-order valence-electron chi connectivity index (χ4n) is 3.02. The van der Waals surface area contributed by atoms with Gasteiger partial charge in [-0.1, -0.05) is 37.3 Å². The number of hydrogen-bond donors (Lipinski definition) is 1. The van der Waals surface area contributed by atoms with Gasteiger partial charge in [0.25, 0.3) is 0 Å². The summed E-state index contributed by atoms with van der Waals surface area (Å²) in [5, 5.41) is 4.80. The normalized spacial score (nSPS) is 25.2. The molecular formula is C17H27NS. The average molecular weight is 277 g/mol. The zero-order chi connectivity index (χ0) is 13.5. The van der Waals surface area contributed by atoms with Crippen molar-refractivity contribution in [3.05, 3.63) is 35.9 Å². The van der Waals surface area contributed by atoms with Crippen molar-refractivity contribution in [3.8, 4) is 0 Å². The highest BCUT2D eigenvalue weighted by Crippen LogP contribution is 2.27. The highest BCUT2D eigenvalue weighted by Gasteiger charge is 2.22. The Kier molecular flexibility index (Phi) is 6.25. The number of hydrogen-bond acceptors (Lipinski definition) is 2. The Hall–Kier alpha value is -0.470. The van der Waals surface area contributed by atoms with Gasteiger partial charge in [-0.2, -0.15) is 11.8 Å². The van der Waals surface area contributed by atoms with Crippen molar-refractivity contribution < 1.29 is 0 Å². The largest absolute Gasteiger partial charge is 0.311 e. The molecule has 0 amide bonds. The molecule has 1 nitrogen and oxygen atoms in total. The molecule has 106 valence electrons. The van der Waals surface area contributed by atoms with Gasteiger partial charge < -0.3 is 5.32 Å². The minimum Gasteiger partial charge on any atom is -0.311 e. The predicted molar refractivity (Wildman–Crippen MR) is 86.9 cm³/mol. The second kappa shape index (κ2) is 7.96. The third-order valence-electron chi connectivity index (χ3n) is 4.30. The Balaban J connectivity index is 1.79. The lowest BCUT2D eigenvalue weighted by molar-refractivity contribution is 0.334. The molecule has 0 aliphatic heterocycles. The monoisotopic (exact) mass is 277 g/mol. The summed E-state index contributed by atoms with van der Waals surface area (Å²) < 4.78 is 0. The van der Waals surface area contributed by atoms with Crippen LogP contribution < -0.4 is 5.32 Å². The van der Waals surface area contributed by atoms with Crippen LogP contribution in [0, 0.1) is 0 Å². The molecule has 1 aromatic carbocycles. The van der Waals surface area contributed by atoms with Gasteiger partial charge in [-0.05, 0) is 50.3 Å². The van der Waals surface area contributed by atoms with E-state index < -0.39 is 0 Å². The smallest absolute Gasteiger partial charge is 0.0107 e. The van der Waals surface area contributed by atoms with Crippen LogP contribution in [0.5, 0.6) is 0 Å². The van der Waals surface area contributed by atoms with Crippen LogP contribution in [0.3, 0.4) is 0 Å². The molecule has 1 fully saturated rings. The first-order valence-corrected chi connectivity index (χ1v) is 8.93. The van der Waals surface area contributed by atoms with Crippen molar-refractivity contribution in [2.45, 2.75) is 62.8 Å². The van der Waals surface area contributed by atoms with E-state index in [1.54, 1.807) is 0 Å². The first-order valence-electron chi connectivity index (χ1n) is 7.64. The van der Waals surface area contributed by atoms with Gasteiger partial charge in [0.2, 0.25) is 0 Å². The van der Waals surface area contributed by atoms with Crippen LogP contribution in [0.1, 0.15) is 44.6 Å². The van der Waals surface area contributed by atoms with Gasteiger partial charge in [-0.3, -0.25) is 0 Å². The molecule has 0 bridgehead atoms. The molecule has 1 aliphatic carbocycles. The second-order valence-electron chi connectivity index (χ2n) is 5.67. The maximum absolute atomic E-state index is 3.89. The van der Waals surface area contributed by atoms with E-state index in [0.29, 0.717) is 6.04 Å². The summed E-state index contributed by atoms with van der Waals surface area (Å²) in [6.45, 7) is 2.30. The molecule has 1 atom stereocenters. The zero-order valence-corrected chi connectivity index (χ0v) is 13.1. The van der Waals surface area contributed by atoms with Crippen LogP contribution >= 0.6 is 11.8 Å². The van der Waals surface area contributed by atoms with Gasteiger partial charge in [0.1, 0.15) is 0 Å². The third-order valence-corrected chi connectivity index (χ3v) is 5.43. The number of benzene rings is 1. The Morgan fingerprint density at radius 2 is 1.84 bits per heavy atom. The molecule has 0 heterocycles. The minimum atomic E-state index is 0.637. The lowest BCUT2D eigenvalue weighted by atomic mass is 9.93. The van der Waals surface area contributed by atoms with Gasteiger partial charge >= 0.3 is 0 Å². The molecule has 0 saturated heterocycles. The Bertz CT molecular complexity index is 344. The maximum Gasteiger partial charge on any atom is 0.0107 e. The molecule has 0 radical (unpaired) electrons. The molecule has 1 aromatic rings. The highest BCUT2D eigenvalue weighted by molar-refractivity contribution is 7.99. The zero-order valence-electron chi connectivity index (χ0n) is 12.3. The highest BCUT2D eigenvalue weighted by atomic mass is 32.2. The minimum absolute atomic E-state index is 0.637. The maximum atomic E-state index is 3.89. The lowest BCUT2D eigenvalue weighted by Gasteiger charge is -2.31. The fraction of sp³-hybridized carbons (Fsp3) is 0.647. The van der Waals surface area contributed by atoms with E-state index in [9.17, 15) is 0 Å². The molecule has 19 heavy (non-hydrogen) atoms. The first-order chi connectivity index (χ1) is 9.31. The van der Waals surface area contributed by atoms with Crippen molar-refractivity contribution in [2.24, 2.45) is 0 Å². The lowest BCUT2D eigenvalue weighted by Crippen LogP contribution is -2.41. The van der Waals surface area contributed by atoms with E-state index in [1.165, 1.54) is 44.1 Å². The number of thioether (sulfide) groups is 1. The van der Waals surface area contributed by atoms with Crippen molar-refractivity contribution >= 4 is 11.8 Å². The van der Waals surface area contributed by atoms with Gasteiger partial charge in [-0.15, -0.1) is 0 Å². The molecule has 1 unspecified atom stereocenters. The van der Waals surface area contributed by atoms with E-state index in [1.807, 2.05) is 11.8 Å². The molecule has 2 heteroatoms.